The van der Waals surface area contributed by atoms with Gasteiger partial charge in [-0.15, -0.1) is 11.8 Å². The number of thioether (sulfide) groups is 1. The molecule has 1 rings (SSSR count). The quantitative estimate of drug-likeness (QED) is 0.728. The maximum atomic E-state index is 11.7. The fourth-order valence-corrected chi connectivity index (χ4v) is 2.54. The Labute approximate surface area is 109 Å². The van der Waals surface area contributed by atoms with E-state index in [0.717, 1.165) is 25.7 Å². The third-order valence-electron chi connectivity index (χ3n) is 2.83. The van der Waals surface area contributed by atoms with E-state index in [9.17, 15) is 4.79 Å². The van der Waals surface area contributed by atoms with Gasteiger partial charge in [-0.1, -0.05) is 20.8 Å². The summed E-state index contributed by atoms with van der Waals surface area (Å²) in [5.41, 5.74) is 0. The van der Waals surface area contributed by atoms with Crippen LogP contribution in [0.25, 0.3) is 0 Å². The molecule has 0 saturated heterocycles. The molecule has 0 aliphatic heterocycles. The second kappa shape index (κ2) is 6.64. The Balaban J connectivity index is 2.26. The van der Waals surface area contributed by atoms with Gasteiger partial charge in [0.1, 0.15) is 6.10 Å². The van der Waals surface area contributed by atoms with Gasteiger partial charge in [-0.25, -0.2) is 0 Å². The van der Waals surface area contributed by atoms with E-state index in [1.165, 1.54) is 0 Å². The highest BCUT2D eigenvalue weighted by Crippen LogP contribution is 2.26. The van der Waals surface area contributed by atoms with Crippen LogP contribution in [0.3, 0.4) is 0 Å². The van der Waals surface area contributed by atoms with E-state index < -0.39 is 0 Å². The van der Waals surface area contributed by atoms with E-state index in [2.05, 4.69) is 20.8 Å². The topological polar surface area (TPSA) is 35.5 Å². The second-order valence-electron chi connectivity index (χ2n) is 5.54. The molecule has 0 bridgehead atoms. The molecule has 2 unspecified atom stereocenters. The zero-order chi connectivity index (χ0) is 12.9. The van der Waals surface area contributed by atoms with Crippen LogP contribution in [-0.2, 0) is 14.3 Å². The molecule has 100 valence electrons. The van der Waals surface area contributed by atoms with Crippen LogP contribution in [0, 0.1) is 0 Å². The highest BCUT2D eigenvalue weighted by Gasteiger charge is 2.25. The number of methoxy groups -OCH3 is 1. The summed E-state index contributed by atoms with van der Waals surface area (Å²) < 4.78 is 10.9. The summed E-state index contributed by atoms with van der Waals surface area (Å²) in [4.78, 5) is 11.7. The lowest BCUT2D eigenvalue weighted by molar-refractivity contribution is -0.149. The Kier molecular flexibility index (Phi) is 5.80. The fraction of sp³-hybridized carbons (Fsp3) is 0.923. The number of esters is 1. The van der Waals surface area contributed by atoms with Crippen molar-refractivity contribution < 1.29 is 14.3 Å². The lowest BCUT2D eigenvalue weighted by atomic mass is 9.95. The SMILES string of the molecule is COC1CCCC(OC(=O)CSC(C)(C)C)C1. The molecule has 1 fully saturated rings. The van der Waals surface area contributed by atoms with Gasteiger partial charge in [-0.05, 0) is 19.3 Å². The number of carbonyl (C=O) groups is 1. The average Bonchev–Trinajstić information content (AvgIpc) is 2.26. The molecule has 0 N–H and O–H groups in total. The number of hydrogen-bond donors (Lipinski definition) is 0. The van der Waals surface area contributed by atoms with Crippen LogP contribution >= 0.6 is 11.8 Å². The Hall–Kier alpha value is -0.220. The fourth-order valence-electron chi connectivity index (χ4n) is 1.92. The zero-order valence-electron chi connectivity index (χ0n) is 11.3. The number of carbonyl (C=O) groups excluding carboxylic acids is 1. The zero-order valence-corrected chi connectivity index (χ0v) is 12.1. The first kappa shape index (κ1) is 14.8. The largest absolute Gasteiger partial charge is 0.462 e. The summed E-state index contributed by atoms with van der Waals surface area (Å²) in [5.74, 6) is 0.351. The van der Waals surface area contributed by atoms with Gasteiger partial charge >= 0.3 is 5.97 Å². The summed E-state index contributed by atoms with van der Waals surface area (Å²) >= 11 is 1.63. The molecule has 0 aromatic rings. The summed E-state index contributed by atoms with van der Waals surface area (Å²) in [7, 11) is 1.73. The van der Waals surface area contributed by atoms with Crippen LogP contribution in [0.5, 0.6) is 0 Å². The molecule has 0 spiro atoms. The average molecular weight is 260 g/mol. The molecule has 1 aliphatic rings. The van der Waals surface area contributed by atoms with Crippen molar-refractivity contribution in [2.45, 2.75) is 63.4 Å². The lowest BCUT2D eigenvalue weighted by Gasteiger charge is -2.28. The van der Waals surface area contributed by atoms with Crippen LogP contribution in [0.2, 0.25) is 0 Å². The molecular formula is C13H24O3S. The first-order chi connectivity index (χ1) is 7.90. The number of hydrogen-bond acceptors (Lipinski definition) is 4. The van der Waals surface area contributed by atoms with Gasteiger partial charge in [0.2, 0.25) is 0 Å². The van der Waals surface area contributed by atoms with E-state index in [-0.39, 0.29) is 22.9 Å². The molecule has 0 radical (unpaired) electrons. The second-order valence-corrected chi connectivity index (χ2v) is 7.34. The van der Waals surface area contributed by atoms with Gasteiger partial charge in [0.15, 0.2) is 0 Å². The van der Waals surface area contributed by atoms with Crippen molar-refractivity contribution in [3.8, 4) is 0 Å². The Bertz CT molecular complexity index is 248. The maximum Gasteiger partial charge on any atom is 0.316 e. The standard InChI is InChI=1S/C13H24O3S/c1-13(2,3)17-9-12(14)16-11-7-5-6-10(8-11)15-4/h10-11H,5-9H2,1-4H3. The summed E-state index contributed by atoms with van der Waals surface area (Å²) in [6, 6.07) is 0. The molecule has 0 aromatic carbocycles. The Morgan fingerprint density at radius 2 is 1.94 bits per heavy atom. The molecule has 1 aliphatic carbocycles. The van der Waals surface area contributed by atoms with Gasteiger partial charge in [0, 0.05) is 18.3 Å². The normalized spacial score (nSPS) is 25.6. The summed E-state index contributed by atoms with van der Waals surface area (Å²) in [6.45, 7) is 6.31. The van der Waals surface area contributed by atoms with Crippen molar-refractivity contribution in [2.75, 3.05) is 12.9 Å². The number of ether oxygens (including phenoxy) is 2. The molecule has 1 saturated carbocycles. The molecular weight excluding hydrogens is 236 g/mol. The minimum absolute atomic E-state index is 0.0572. The molecule has 2 atom stereocenters. The van der Waals surface area contributed by atoms with Crippen LogP contribution in [0.15, 0.2) is 0 Å². The first-order valence-electron chi connectivity index (χ1n) is 6.27. The van der Waals surface area contributed by atoms with Crippen LogP contribution < -0.4 is 0 Å². The number of rotatable bonds is 4. The van der Waals surface area contributed by atoms with Gasteiger partial charge in [-0.3, -0.25) is 4.79 Å². The van der Waals surface area contributed by atoms with Crippen molar-refractivity contribution >= 4 is 17.7 Å². The molecule has 3 nitrogen and oxygen atoms in total. The summed E-state index contributed by atoms with van der Waals surface area (Å²) in [5, 5.41) is 0. The predicted molar refractivity (Wildman–Crippen MR) is 71.4 cm³/mol. The van der Waals surface area contributed by atoms with Crippen molar-refractivity contribution in [3.05, 3.63) is 0 Å². The van der Waals surface area contributed by atoms with E-state index in [4.69, 9.17) is 9.47 Å². The smallest absolute Gasteiger partial charge is 0.316 e. The minimum Gasteiger partial charge on any atom is -0.462 e. The van der Waals surface area contributed by atoms with Crippen molar-refractivity contribution in [1.29, 1.82) is 0 Å². The third-order valence-corrected chi connectivity index (χ3v) is 4.08. The van der Waals surface area contributed by atoms with Gasteiger partial charge in [-0.2, -0.15) is 0 Å². The van der Waals surface area contributed by atoms with Gasteiger partial charge in [0.05, 0.1) is 11.9 Å². The Morgan fingerprint density at radius 3 is 2.53 bits per heavy atom. The van der Waals surface area contributed by atoms with Gasteiger partial charge < -0.3 is 9.47 Å². The van der Waals surface area contributed by atoms with Crippen LogP contribution in [-0.4, -0.2) is 35.8 Å². The monoisotopic (exact) mass is 260 g/mol. The highest BCUT2D eigenvalue weighted by atomic mass is 32.2. The predicted octanol–water partition coefficient (Wildman–Crippen LogP) is 3.02. The maximum absolute atomic E-state index is 11.7. The first-order valence-corrected chi connectivity index (χ1v) is 7.25. The molecule has 0 amide bonds. The van der Waals surface area contributed by atoms with Crippen molar-refractivity contribution in [2.24, 2.45) is 0 Å². The van der Waals surface area contributed by atoms with Crippen molar-refractivity contribution in [3.63, 3.8) is 0 Å². The van der Waals surface area contributed by atoms with E-state index in [1.807, 2.05) is 0 Å². The molecule has 17 heavy (non-hydrogen) atoms. The van der Waals surface area contributed by atoms with Crippen molar-refractivity contribution in [1.82, 2.24) is 0 Å². The van der Waals surface area contributed by atoms with E-state index >= 15 is 0 Å². The van der Waals surface area contributed by atoms with E-state index in [0.29, 0.717) is 5.75 Å². The molecule has 0 heterocycles. The lowest BCUT2D eigenvalue weighted by Crippen LogP contribution is -2.30. The van der Waals surface area contributed by atoms with Crippen LogP contribution in [0.4, 0.5) is 0 Å². The molecule has 0 aromatic heterocycles. The highest BCUT2D eigenvalue weighted by molar-refractivity contribution is 8.01. The van der Waals surface area contributed by atoms with Crippen LogP contribution in [0.1, 0.15) is 46.5 Å². The van der Waals surface area contributed by atoms with Gasteiger partial charge in [0.25, 0.3) is 0 Å². The summed E-state index contributed by atoms with van der Waals surface area (Å²) in [6.07, 6.45) is 4.32. The third kappa shape index (κ3) is 6.32. The van der Waals surface area contributed by atoms with E-state index in [1.54, 1.807) is 18.9 Å². The molecule has 4 heteroatoms. The minimum atomic E-state index is -0.0910. The Morgan fingerprint density at radius 1 is 1.29 bits per heavy atom.